The van der Waals surface area contributed by atoms with Crippen LogP contribution < -0.4 is 14.8 Å². The van der Waals surface area contributed by atoms with Gasteiger partial charge < -0.3 is 19.2 Å². The molecule has 0 radical (unpaired) electrons. The normalized spacial score (nSPS) is 13.1. The number of amides is 1. The highest BCUT2D eigenvalue weighted by atomic mass is 16.6. The lowest BCUT2D eigenvalue weighted by atomic mass is 10.1. The largest absolute Gasteiger partial charge is 0.486 e. The first-order chi connectivity index (χ1) is 11.2. The minimum atomic E-state index is -0.224. The van der Waals surface area contributed by atoms with E-state index in [-0.39, 0.29) is 5.91 Å². The van der Waals surface area contributed by atoms with Crippen LogP contribution in [-0.4, -0.2) is 24.1 Å². The zero-order valence-electron chi connectivity index (χ0n) is 12.5. The van der Waals surface area contributed by atoms with Crippen molar-refractivity contribution in [3.8, 4) is 11.5 Å². The third-order valence-electron chi connectivity index (χ3n) is 3.56. The van der Waals surface area contributed by atoms with Crippen molar-refractivity contribution in [3.05, 3.63) is 47.9 Å². The Morgan fingerprint density at radius 2 is 1.91 bits per heavy atom. The summed E-state index contributed by atoms with van der Waals surface area (Å²) in [4.78, 5) is 16.6. The molecule has 6 heteroatoms. The molecule has 1 aliphatic heterocycles. The average molecular weight is 310 g/mol. The first kappa shape index (κ1) is 13.6. The van der Waals surface area contributed by atoms with Gasteiger partial charge in [-0.1, -0.05) is 0 Å². The van der Waals surface area contributed by atoms with Crippen LogP contribution in [0.1, 0.15) is 16.2 Å². The van der Waals surface area contributed by atoms with Crippen LogP contribution in [0.15, 0.2) is 40.8 Å². The van der Waals surface area contributed by atoms with Crippen molar-refractivity contribution < 1.29 is 18.7 Å². The molecule has 2 aromatic carbocycles. The van der Waals surface area contributed by atoms with Gasteiger partial charge in [0.05, 0.1) is 0 Å². The first-order valence-corrected chi connectivity index (χ1v) is 7.27. The molecule has 2 heterocycles. The lowest BCUT2D eigenvalue weighted by molar-refractivity contribution is 0.102. The van der Waals surface area contributed by atoms with Gasteiger partial charge in [0.2, 0.25) is 0 Å². The van der Waals surface area contributed by atoms with E-state index in [1.807, 2.05) is 6.07 Å². The number of fused-ring (bicyclic) bond motifs is 2. The minimum Gasteiger partial charge on any atom is -0.486 e. The monoisotopic (exact) mass is 310 g/mol. The number of carbonyl (C=O) groups excluding carboxylic acids is 1. The maximum Gasteiger partial charge on any atom is 0.255 e. The number of hydrogen-bond donors (Lipinski definition) is 1. The zero-order chi connectivity index (χ0) is 15.8. The summed E-state index contributed by atoms with van der Waals surface area (Å²) in [5, 5.41) is 2.84. The minimum absolute atomic E-state index is 0.224. The molecule has 1 N–H and O–H groups in total. The number of anilines is 1. The SMILES string of the molecule is Cc1nc2ccc(NC(=O)c3ccc4c(c3)OCCO4)cc2o1. The summed E-state index contributed by atoms with van der Waals surface area (Å²) in [5.74, 6) is 1.62. The highest BCUT2D eigenvalue weighted by molar-refractivity contribution is 6.05. The number of nitrogens with zero attached hydrogens (tertiary/aromatic N) is 1. The Bertz CT molecular complexity index is 901. The van der Waals surface area contributed by atoms with Crippen molar-refractivity contribution in [1.82, 2.24) is 4.98 Å². The summed E-state index contributed by atoms with van der Waals surface area (Å²) in [6.07, 6.45) is 0. The van der Waals surface area contributed by atoms with E-state index < -0.39 is 0 Å². The molecule has 0 bridgehead atoms. The molecule has 1 amide bonds. The van der Waals surface area contributed by atoms with Crippen molar-refractivity contribution in [2.75, 3.05) is 18.5 Å². The lowest BCUT2D eigenvalue weighted by Crippen LogP contribution is -2.17. The van der Waals surface area contributed by atoms with Crippen LogP contribution in [-0.2, 0) is 0 Å². The fourth-order valence-electron chi connectivity index (χ4n) is 2.51. The molecule has 116 valence electrons. The number of carbonyl (C=O) groups is 1. The Labute approximate surface area is 132 Å². The van der Waals surface area contributed by atoms with E-state index in [9.17, 15) is 4.79 Å². The van der Waals surface area contributed by atoms with Gasteiger partial charge in [-0.15, -0.1) is 0 Å². The summed E-state index contributed by atoms with van der Waals surface area (Å²) in [5.41, 5.74) is 2.55. The van der Waals surface area contributed by atoms with Crippen LogP contribution in [0.3, 0.4) is 0 Å². The number of ether oxygens (including phenoxy) is 2. The van der Waals surface area contributed by atoms with Gasteiger partial charge in [0.1, 0.15) is 18.7 Å². The maximum atomic E-state index is 12.4. The Balaban J connectivity index is 1.58. The van der Waals surface area contributed by atoms with Gasteiger partial charge in [-0.05, 0) is 30.3 Å². The van der Waals surface area contributed by atoms with E-state index in [4.69, 9.17) is 13.9 Å². The molecule has 3 aromatic rings. The summed E-state index contributed by atoms with van der Waals surface area (Å²) in [7, 11) is 0. The van der Waals surface area contributed by atoms with E-state index >= 15 is 0 Å². The first-order valence-electron chi connectivity index (χ1n) is 7.27. The number of benzene rings is 2. The number of nitrogens with one attached hydrogen (secondary N) is 1. The molecule has 1 aliphatic rings. The van der Waals surface area contributed by atoms with Gasteiger partial charge in [-0.25, -0.2) is 4.98 Å². The molecule has 0 atom stereocenters. The van der Waals surface area contributed by atoms with E-state index in [0.29, 0.717) is 47.4 Å². The van der Waals surface area contributed by atoms with E-state index in [2.05, 4.69) is 10.3 Å². The Morgan fingerprint density at radius 3 is 2.78 bits per heavy atom. The molecule has 4 rings (SSSR count). The molecule has 0 saturated heterocycles. The molecular weight excluding hydrogens is 296 g/mol. The fourth-order valence-corrected chi connectivity index (χ4v) is 2.51. The standard InChI is InChI=1S/C17H14N2O4/c1-10-18-13-4-3-12(9-15(13)23-10)19-17(20)11-2-5-14-16(8-11)22-7-6-21-14/h2-5,8-9H,6-7H2,1H3,(H,19,20). The van der Waals surface area contributed by atoms with Crippen molar-refractivity contribution in [3.63, 3.8) is 0 Å². The second-order valence-electron chi connectivity index (χ2n) is 5.23. The molecule has 6 nitrogen and oxygen atoms in total. The molecular formula is C17H14N2O4. The Morgan fingerprint density at radius 1 is 1.09 bits per heavy atom. The quantitative estimate of drug-likeness (QED) is 0.787. The summed E-state index contributed by atoms with van der Waals surface area (Å²) in [6, 6.07) is 10.5. The predicted octanol–water partition coefficient (Wildman–Crippen LogP) is 3.16. The highest BCUT2D eigenvalue weighted by Crippen LogP contribution is 2.31. The van der Waals surface area contributed by atoms with Crippen LogP contribution in [0.4, 0.5) is 5.69 Å². The summed E-state index contributed by atoms with van der Waals surface area (Å²) >= 11 is 0. The number of rotatable bonds is 2. The molecule has 0 saturated carbocycles. The third kappa shape index (κ3) is 2.59. The lowest BCUT2D eigenvalue weighted by Gasteiger charge is -2.18. The topological polar surface area (TPSA) is 73.6 Å². The Hall–Kier alpha value is -3.02. The van der Waals surface area contributed by atoms with Crippen LogP contribution >= 0.6 is 0 Å². The van der Waals surface area contributed by atoms with Gasteiger partial charge in [-0.2, -0.15) is 0 Å². The second kappa shape index (κ2) is 5.31. The van der Waals surface area contributed by atoms with Gasteiger partial charge in [0.25, 0.3) is 5.91 Å². The molecule has 0 spiro atoms. The predicted molar refractivity (Wildman–Crippen MR) is 84.1 cm³/mol. The van der Waals surface area contributed by atoms with Crippen molar-refractivity contribution in [1.29, 1.82) is 0 Å². The van der Waals surface area contributed by atoms with Crippen molar-refractivity contribution in [2.45, 2.75) is 6.92 Å². The number of aromatic nitrogens is 1. The summed E-state index contributed by atoms with van der Waals surface area (Å²) < 4.78 is 16.4. The molecule has 1 aromatic heterocycles. The van der Waals surface area contributed by atoms with Gasteiger partial charge in [0.15, 0.2) is 23.0 Å². The van der Waals surface area contributed by atoms with Crippen molar-refractivity contribution >= 4 is 22.7 Å². The highest BCUT2D eigenvalue weighted by Gasteiger charge is 2.15. The molecule has 0 aliphatic carbocycles. The Kier molecular flexibility index (Phi) is 3.15. The van der Waals surface area contributed by atoms with Gasteiger partial charge >= 0.3 is 0 Å². The van der Waals surface area contributed by atoms with E-state index in [1.165, 1.54) is 0 Å². The average Bonchev–Trinajstić information content (AvgIpc) is 2.93. The molecule has 0 fully saturated rings. The van der Waals surface area contributed by atoms with Crippen LogP contribution in [0, 0.1) is 6.92 Å². The van der Waals surface area contributed by atoms with Crippen molar-refractivity contribution in [2.24, 2.45) is 0 Å². The van der Waals surface area contributed by atoms with Crippen LogP contribution in [0.5, 0.6) is 11.5 Å². The van der Waals surface area contributed by atoms with Crippen LogP contribution in [0.25, 0.3) is 11.1 Å². The molecule has 23 heavy (non-hydrogen) atoms. The van der Waals surface area contributed by atoms with E-state index in [0.717, 1.165) is 5.52 Å². The fraction of sp³-hybridized carbons (Fsp3) is 0.176. The number of oxazole rings is 1. The van der Waals surface area contributed by atoms with Crippen LogP contribution in [0.2, 0.25) is 0 Å². The smallest absolute Gasteiger partial charge is 0.255 e. The molecule has 0 unspecified atom stereocenters. The van der Waals surface area contributed by atoms with Gasteiger partial charge in [0, 0.05) is 24.2 Å². The number of hydrogen-bond acceptors (Lipinski definition) is 5. The maximum absolute atomic E-state index is 12.4. The zero-order valence-corrected chi connectivity index (χ0v) is 12.5. The number of aryl methyl sites for hydroxylation is 1. The van der Waals surface area contributed by atoms with Gasteiger partial charge in [-0.3, -0.25) is 4.79 Å². The second-order valence-corrected chi connectivity index (χ2v) is 5.23. The van der Waals surface area contributed by atoms with E-state index in [1.54, 1.807) is 37.3 Å². The third-order valence-corrected chi connectivity index (χ3v) is 3.56. The summed E-state index contributed by atoms with van der Waals surface area (Å²) in [6.45, 7) is 2.79.